The maximum atomic E-state index is 6.45. The number of hydrogen-bond acceptors (Lipinski definition) is 0. The summed E-state index contributed by atoms with van der Waals surface area (Å²) in [6.07, 6.45) is 0.775. The first kappa shape index (κ1) is 13.9. The number of halogens is 3. The number of alkyl halides is 1. The molecule has 1 atom stereocenters. The normalized spacial score (nSPS) is 12.4. The Morgan fingerprint density at radius 1 is 1.17 bits per heavy atom. The van der Waals surface area contributed by atoms with Crippen molar-refractivity contribution in [2.45, 2.75) is 18.7 Å². The second-order valence-corrected chi connectivity index (χ2v) is 6.13. The van der Waals surface area contributed by atoms with Gasteiger partial charge in [0.1, 0.15) is 0 Å². The summed E-state index contributed by atoms with van der Waals surface area (Å²) in [5.41, 5.74) is 3.48. The second kappa shape index (κ2) is 6.10. The van der Waals surface area contributed by atoms with Crippen LogP contribution in [0.4, 0.5) is 0 Å². The SMILES string of the molecule is Cc1ccc(C(Cl)Cc2cccc(Cl)c2)cc1Br. The number of aryl methyl sites for hydroxylation is 1. The maximum Gasteiger partial charge on any atom is 0.0625 e. The minimum atomic E-state index is -0.0413. The molecule has 0 aliphatic rings. The Balaban J connectivity index is 2.16. The van der Waals surface area contributed by atoms with Crippen molar-refractivity contribution < 1.29 is 0 Å². The summed E-state index contributed by atoms with van der Waals surface area (Å²) in [5.74, 6) is 0. The van der Waals surface area contributed by atoms with Gasteiger partial charge in [-0.15, -0.1) is 11.6 Å². The lowest BCUT2D eigenvalue weighted by atomic mass is 10.0. The molecule has 2 aromatic carbocycles. The number of hydrogen-bond donors (Lipinski definition) is 0. The van der Waals surface area contributed by atoms with Gasteiger partial charge >= 0.3 is 0 Å². The highest BCUT2D eigenvalue weighted by molar-refractivity contribution is 9.10. The smallest absolute Gasteiger partial charge is 0.0625 e. The van der Waals surface area contributed by atoms with E-state index in [-0.39, 0.29) is 5.38 Å². The van der Waals surface area contributed by atoms with Crippen molar-refractivity contribution >= 4 is 39.1 Å². The minimum absolute atomic E-state index is 0.0413. The number of benzene rings is 2. The summed E-state index contributed by atoms with van der Waals surface area (Å²) < 4.78 is 1.09. The van der Waals surface area contributed by atoms with E-state index >= 15 is 0 Å². The summed E-state index contributed by atoms with van der Waals surface area (Å²) in [5, 5.41) is 0.710. The first-order chi connectivity index (χ1) is 8.56. The Bertz CT molecular complexity index is 552. The van der Waals surface area contributed by atoms with Crippen LogP contribution >= 0.6 is 39.1 Å². The summed E-state index contributed by atoms with van der Waals surface area (Å²) in [6.45, 7) is 2.06. The van der Waals surface area contributed by atoms with Crippen molar-refractivity contribution in [2.75, 3.05) is 0 Å². The molecular weight excluding hydrogens is 331 g/mol. The molecule has 0 aromatic heterocycles. The third-order valence-electron chi connectivity index (χ3n) is 2.86. The molecule has 3 heteroatoms. The standard InChI is InChI=1S/C15H13BrCl2/c1-10-5-6-12(9-14(10)16)15(18)8-11-3-2-4-13(17)7-11/h2-7,9,15H,8H2,1H3. The van der Waals surface area contributed by atoms with E-state index in [4.69, 9.17) is 23.2 Å². The van der Waals surface area contributed by atoms with Crippen LogP contribution in [-0.4, -0.2) is 0 Å². The Hall–Kier alpha value is -0.500. The van der Waals surface area contributed by atoms with Crippen LogP contribution in [0.3, 0.4) is 0 Å². The fraction of sp³-hybridized carbons (Fsp3) is 0.200. The Morgan fingerprint density at radius 3 is 2.61 bits per heavy atom. The molecule has 1 unspecified atom stereocenters. The van der Waals surface area contributed by atoms with Gasteiger partial charge in [0.15, 0.2) is 0 Å². The molecule has 0 radical (unpaired) electrons. The van der Waals surface area contributed by atoms with E-state index in [1.165, 1.54) is 5.56 Å². The molecule has 18 heavy (non-hydrogen) atoms. The topological polar surface area (TPSA) is 0 Å². The summed E-state index contributed by atoms with van der Waals surface area (Å²) in [4.78, 5) is 0. The lowest BCUT2D eigenvalue weighted by molar-refractivity contribution is 0.918. The van der Waals surface area contributed by atoms with Crippen LogP contribution in [0.1, 0.15) is 22.1 Å². The van der Waals surface area contributed by atoms with E-state index in [1.807, 2.05) is 24.3 Å². The fourth-order valence-corrected chi connectivity index (χ4v) is 2.72. The molecule has 0 saturated carbocycles. The largest absolute Gasteiger partial charge is 0.117 e. The molecule has 0 amide bonds. The summed E-state index contributed by atoms with van der Waals surface area (Å²) in [7, 11) is 0. The van der Waals surface area contributed by atoms with E-state index in [0.717, 1.165) is 27.0 Å². The zero-order chi connectivity index (χ0) is 13.1. The van der Waals surface area contributed by atoms with Gasteiger partial charge in [-0.25, -0.2) is 0 Å². The second-order valence-electron chi connectivity index (χ2n) is 4.31. The van der Waals surface area contributed by atoms with E-state index in [2.05, 4.69) is 41.1 Å². The highest BCUT2D eigenvalue weighted by Gasteiger charge is 2.10. The van der Waals surface area contributed by atoms with Crippen LogP contribution in [-0.2, 0) is 6.42 Å². The molecule has 2 aromatic rings. The number of rotatable bonds is 3. The van der Waals surface area contributed by atoms with Crippen molar-refractivity contribution in [1.29, 1.82) is 0 Å². The van der Waals surface area contributed by atoms with Crippen LogP contribution < -0.4 is 0 Å². The summed E-state index contributed by atoms with van der Waals surface area (Å²) >= 11 is 16.0. The molecule has 0 spiro atoms. The van der Waals surface area contributed by atoms with Crippen LogP contribution in [0.15, 0.2) is 46.9 Å². The molecule has 0 aliphatic heterocycles. The average molecular weight is 344 g/mol. The van der Waals surface area contributed by atoms with Crippen molar-refractivity contribution in [2.24, 2.45) is 0 Å². The predicted molar refractivity (Wildman–Crippen MR) is 82.6 cm³/mol. The molecule has 94 valence electrons. The molecular formula is C15H13BrCl2. The molecule has 0 N–H and O–H groups in total. The zero-order valence-electron chi connectivity index (χ0n) is 9.96. The minimum Gasteiger partial charge on any atom is -0.117 e. The van der Waals surface area contributed by atoms with Gasteiger partial charge in [0.05, 0.1) is 5.38 Å². The zero-order valence-corrected chi connectivity index (χ0v) is 13.1. The highest BCUT2D eigenvalue weighted by atomic mass is 79.9. The van der Waals surface area contributed by atoms with Crippen LogP contribution in [0.2, 0.25) is 5.02 Å². The molecule has 0 fully saturated rings. The van der Waals surface area contributed by atoms with Gasteiger partial charge < -0.3 is 0 Å². The predicted octanol–water partition coefficient (Wildman–Crippen LogP) is 5.93. The van der Waals surface area contributed by atoms with Gasteiger partial charge in [0.25, 0.3) is 0 Å². The van der Waals surface area contributed by atoms with Crippen LogP contribution in [0, 0.1) is 6.92 Å². The van der Waals surface area contributed by atoms with E-state index in [9.17, 15) is 0 Å². The van der Waals surface area contributed by atoms with Gasteiger partial charge in [-0.2, -0.15) is 0 Å². The molecule has 0 heterocycles. The van der Waals surface area contributed by atoms with Crippen LogP contribution in [0.25, 0.3) is 0 Å². The first-order valence-electron chi connectivity index (χ1n) is 5.71. The molecule has 2 rings (SSSR count). The molecule has 0 saturated heterocycles. The Morgan fingerprint density at radius 2 is 1.94 bits per heavy atom. The lowest BCUT2D eigenvalue weighted by Gasteiger charge is -2.11. The van der Waals surface area contributed by atoms with Crippen molar-refractivity contribution in [3.8, 4) is 0 Å². The van der Waals surface area contributed by atoms with Gasteiger partial charge in [-0.1, -0.05) is 51.8 Å². The van der Waals surface area contributed by atoms with Crippen molar-refractivity contribution in [3.05, 3.63) is 68.7 Å². The van der Waals surface area contributed by atoms with E-state index in [1.54, 1.807) is 0 Å². The van der Waals surface area contributed by atoms with Crippen molar-refractivity contribution in [1.82, 2.24) is 0 Å². The Kier molecular flexibility index (Phi) is 4.71. The van der Waals surface area contributed by atoms with Gasteiger partial charge in [-0.05, 0) is 48.2 Å². The molecule has 0 nitrogen and oxygen atoms in total. The monoisotopic (exact) mass is 342 g/mol. The fourth-order valence-electron chi connectivity index (χ4n) is 1.79. The molecule has 0 bridgehead atoms. The maximum absolute atomic E-state index is 6.45. The van der Waals surface area contributed by atoms with Crippen molar-refractivity contribution in [3.63, 3.8) is 0 Å². The average Bonchev–Trinajstić information content (AvgIpc) is 2.32. The van der Waals surface area contributed by atoms with Gasteiger partial charge in [0, 0.05) is 9.50 Å². The third-order valence-corrected chi connectivity index (χ3v) is 4.36. The first-order valence-corrected chi connectivity index (χ1v) is 7.31. The highest BCUT2D eigenvalue weighted by Crippen LogP contribution is 2.29. The van der Waals surface area contributed by atoms with Crippen LogP contribution in [0.5, 0.6) is 0 Å². The van der Waals surface area contributed by atoms with Gasteiger partial charge in [0.2, 0.25) is 0 Å². The van der Waals surface area contributed by atoms with Gasteiger partial charge in [-0.3, -0.25) is 0 Å². The third kappa shape index (κ3) is 3.50. The molecule has 0 aliphatic carbocycles. The summed E-state index contributed by atoms with van der Waals surface area (Å²) in [6, 6.07) is 14.1. The lowest BCUT2D eigenvalue weighted by Crippen LogP contribution is -1.96. The van der Waals surface area contributed by atoms with E-state index < -0.39 is 0 Å². The van der Waals surface area contributed by atoms with E-state index in [0.29, 0.717) is 0 Å². The quantitative estimate of drug-likeness (QED) is 0.605. The Labute approximate surface area is 126 Å².